The number of ether oxygens (including phenoxy) is 2. The van der Waals surface area contributed by atoms with Crippen LogP contribution in [0.5, 0.6) is 11.5 Å². The van der Waals surface area contributed by atoms with Gasteiger partial charge in [0.25, 0.3) is 5.91 Å². The Balaban J connectivity index is 1.39. The number of aromatic amines is 1. The predicted octanol–water partition coefficient (Wildman–Crippen LogP) is 3.19. The van der Waals surface area contributed by atoms with Crippen LogP contribution in [0, 0.1) is 12.8 Å². The first-order chi connectivity index (χ1) is 25.4. The summed E-state index contributed by atoms with van der Waals surface area (Å²) in [6, 6.07) is 4.06. The number of Topliss-reactive ketones (excluding diaryl/α,β-unsaturated/α-hetero) is 1. The Morgan fingerprint density at radius 2 is 1.74 bits per heavy atom. The molecule has 0 bridgehead atoms. The summed E-state index contributed by atoms with van der Waals surface area (Å²) in [6.07, 6.45) is 3.79. The number of methoxy groups -OCH3 is 2. The molecule has 1 aliphatic carbocycles. The van der Waals surface area contributed by atoms with Crippen LogP contribution < -0.4 is 25.4 Å². The Hall–Kier alpha value is -5.21. The van der Waals surface area contributed by atoms with Crippen LogP contribution in [-0.4, -0.2) is 94.0 Å². The number of amides is 4. The highest BCUT2D eigenvalue weighted by Crippen LogP contribution is 2.29. The molecule has 0 fully saturated rings. The smallest absolute Gasteiger partial charge is 0.270 e. The fraction of sp³-hybridized carbons (Fsp3) is 0.553. The van der Waals surface area contributed by atoms with Crippen LogP contribution in [0.1, 0.15) is 115 Å². The Labute approximate surface area is 310 Å². The summed E-state index contributed by atoms with van der Waals surface area (Å²) in [5.74, 6) is 0.603. The third-order valence-electron chi connectivity index (χ3n) is 10.1. The van der Waals surface area contributed by atoms with Crippen molar-refractivity contribution >= 4 is 29.4 Å². The molecule has 1 aromatic carbocycles. The molecule has 15 nitrogen and oxygen atoms in total. The first-order valence-electron chi connectivity index (χ1n) is 18.5. The van der Waals surface area contributed by atoms with Crippen molar-refractivity contribution in [3.63, 3.8) is 0 Å². The normalized spacial score (nSPS) is 19.8. The highest BCUT2D eigenvalue weighted by atomic mass is 16.5. The Morgan fingerprint density at radius 1 is 0.981 bits per heavy atom. The largest absolute Gasteiger partial charge is 0.493 e. The van der Waals surface area contributed by atoms with E-state index in [2.05, 4.69) is 26.0 Å². The molecule has 0 spiro atoms. The maximum Gasteiger partial charge on any atom is 0.270 e. The molecule has 3 aromatic rings. The molecule has 3 atom stereocenters. The van der Waals surface area contributed by atoms with Gasteiger partial charge in [0, 0.05) is 50.2 Å². The average Bonchev–Trinajstić information content (AvgIpc) is 3.70. The van der Waals surface area contributed by atoms with Crippen molar-refractivity contribution < 1.29 is 33.4 Å². The monoisotopic (exact) mass is 732 g/mol. The van der Waals surface area contributed by atoms with Gasteiger partial charge < -0.3 is 35.3 Å². The van der Waals surface area contributed by atoms with Crippen molar-refractivity contribution in [2.24, 2.45) is 5.92 Å². The van der Waals surface area contributed by atoms with Crippen molar-refractivity contribution in [2.75, 3.05) is 33.9 Å². The Bertz CT molecular complexity index is 1830. The number of nitrogens with one attached hydrogen (secondary N) is 4. The number of hydrogen-bond acceptors (Lipinski definition) is 9. The van der Waals surface area contributed by atoms with Gasteiger partial charge in [-0.25, -0.2) is 9.67 Å². The molecule has 2 aliphatic rings. The Morgan fingerprint density at radius 3 is 2.45 bits per heavy atom. The van der Waals surface area contributed by atoms with E-state index in [1.165, 1.54) is 4.68 Å². The van der Waals surface area contributed by atoms with Crippen LogP contribution in [-0.2, 0) is 33.8 Å². The fourth-order valence-electron chi connectivity index (χ4n) is 6.98. The fourth-order valence-corrected chi connectivity index (χ4v) is 6.98. The predicted molar refractivity (Wildman–Crippen MR) is 196 cm³/mol. The number of ketones is 1. The highest BCUT2D eigenvalue weighted by molar-refractivity contribution is 6.04. The first-order valence-corrected chi connectivity index (χ1v) is 18.5. The lowest BCUT2D eigenvalue weighted by atomic mass is 9.93. The minimum absolute atomic E-state index is 0.0380. The van der Waals surface area contributed by atoms with E-state index in [1.54, 1.807) is 39.0 Å². The van der Waals surface area contributed by atoms with Gasteiger partial charge in [0.15, 0.2) is 23.1 Å². The number of carbonyl (C=O) groups is 5. The van der Waals surface area contributed by atoms with E-state index in [9.17, 15) is 24.0 Å². The summed E-state index contributed by atoms with van der Waals surface area (Å²) in [6.45, 7) is 8.15. The molecule has 0 radical (unpaired) electrons. The zero-order valence-electron chi connectivity index (χ0n) is 31.6. The van der Waals surface area contributed by atoms with Gasteiger partial charge in [-0.3, -0.25) is 24.0 Å². The van der Waals surface area contributed by atoms with Gasteiger partial charge in [-0.15, -0.1) is 0 Å². The van der Waals surface area contributed by atoms with Crippen LogP contribution in [0.25, 0.3) is 0 Å². The Kier molecular flexibility index (Phi) is 12.9. The highest BCUT2D eigenvalue weighted by Gasteiger charge is 2.31. The van der Waals surface area contributed by atoms with E-state index >= 15 is 0 Å². The molecule has 0 saturated carbocycles. The molecular weight excluding hydrogens is 680 g/mol. The second-order valence-electron chi connectivity index (χ2n) is 13.9. The van der Waals surface area contributed by atoms with Gasteiger partial charge in [-0.05, 0) is 68.7 Å². The summed E-state index contributed by atoms with van der Waals surface area (Å²) in [5, 5.41) is 13.5. The maximum atomic E-state index is 13.9. The van der Waals surface area contributed by atoms with E-state index in [0.29, 0.717) is 85.0 Å². The summed E-state index contributed by atoms with van der Waals surface area (Å²) < 4.78 is 12.3. The molecule has 4 amide bonds. The summed E-state index contributed by atoms with van der Waals surface area (Å²) >= 11 is 0. The lowest BCUT2D eigenvalue weighted by Gasteiger charge is -2.26. The van der Waals surface area contributed by atoms with Crippen LogP contribution in [0.2, 0.25) is 0 Å². The van der Waals surface area contributed by atoms with Crippen molar-refractivity contribution in [3.05, 3.63) is 57.9 Å². The summed E-state index contributed by atoms with van der Waals surface area (Å²) in [7, 11) is 3.12. The molecule has 286 valence electrons. The van der Waals surface area contributed by atoms with E-state index < -0.39 is 12.1 Å². The van der Waals surface area contributed by atoms with Crippen LogP contribution >= 0.6 is 0 Å². The van der Waals surface area contributed by atoms with Gasteiger partial charge in [0.1, 0.15) is 24.1 Å². The van der Waals surface area contributed by atoms with E-state index in [1.807, 2.05) is 26.0 Å². The molecule has 15 heteroatoms. The minimum atomic E-state index is -0.817. The molecule has 4 N–H and O–H groups in total. The summed E-state index contributed by atoms with van der Waals surface area (Å²) in [5.41, 5.74) is 3.28. The van der Waals surface area contributed by atoms with Crippen molar-refractivity contribution in [2.45, 2.75) is 97.7 Å². The number of H-pyrrole nitrogens is 1. The zero-order chi connectivity index (χ0) is 38.2. The number of aryl methyl sites for hydroxylation is 1. The average molecular weight is 733 g/mol. The lowest BCUT2D eigenvalue weighted by molar-refractivity contribution is -0.130. The van der Waals surface area contributed by atoms with E-state index in [0.717, 1.165) is 17.7 Å². The van der Waals surface area contributed by atoms with E-state index in [4.69, 9.17) is 14.5 Å². The number of hydrogen-bond donors (Lipinski definition) is 4. The van der Waals surface area contributed by atoms with Crippen LogP contribution in [0.4, 0.5) is 0 Å². The third-order valence-corrected chi connectivity index (χ3v) is 10.1. The van der Waals surface area contributed by atoms with Gasteiger partial charge in [0.05, 0.1) is 20.3 Å². The summed E-state index contributed by atoms with van der Waals surface area (Å²) in [4.78, 5) is 76.5. The molecule has 2 aromatic heterocycles. The van der Waals surface area contributed by atoms with Crippen molar-refractivity contribution in [1.29, 1.82) is 0 Å². The van der Waals surface area contributed by atoms with Gasteiger partial charge in [-0.1, -0.05) is 26.3 Å². The number of fused-ring (bicyclic) bond motifs is 2. The molecule has 1 aliphatic heterocycles. The molecule has 5 rings (SSSR count). The van der Waals surface area contributed by atoms with E-state index in [-0.39, 0.29) is 61.4 Å². The van der Waals surface area contributed by atoms with Crippen LogP contribution in [0.3, 0.4) is 0 Å². The molecule has 3 heterocycles. The maximum absolute atomic E-state index is 13.9. The van der Waals surface area contributed by atoms with Crippen molar-refractivity contribution in [3.8, 4) is 11.5 Å². The standard InChI is InChI=1S/C38H52N8O7/c1-7-22(2)34-37(50)40-24(4)36-42-30(20-25-14-15-28(52-5)29(19-25)53-6)44-46(36)21-32(49)39-16-10-18-45(17-9-13-31(48)43-34)38(51)35-23(3)33-26(41-35)11-8-12-27(33)47/h14-15,19,22,24,34,41H,7-13,16-18,20-21H2,1-6H3,(H,39,49)(H,40,50)(H,43,48)/t22-,24+,34-/m0/s1. The second kappa shape index (κ2) is 17.5. The molecular formula is C38H52N8O7. The number of nitrogens with zero attached hydrogens (tertiary/aromatic N) is 4. The number of benzene rings is 1. The zero-order valence-corrected chi connectivity index (χ0v) is 31.6. The van der Waals surface area contributed by atoms with Crippen molar-refractivity contribution in [1.82, 2.24) is 40.6 Å². The minimum Gasteiger partial charge on any atom is -0.493 e. The SMILES string of the molecule is CC[C@H](C)[C@@H]1NC(=O)CCCN(C(=O)c2[nH]c3c(c2C)C(=O)CCC3)CCCNC(=O)Cn2nc(Cc3ccc(OC)c(OC)c3)nc2[C@@H](C)NC1=O. The lowest BCUT2D eigenvalue weighted by Crippen LogP contribution is -2.51. The number of aromatic nitrogens is 4. The van der Waals surface area contributed by atoms with Gasteiger partial charge in [0.2, 0.25) is 17.7 Å². The number of carbonyl (C=O) groups excluding carboxylic acids is 5. The second-order valence-corrected chi connectivity index (χ2v) is 13.9. The number of rotatable bonds is 7. The molecule has 0 saturated heterocycles. The van der Waals surface area contributed by atoms with Crippen LogP contribution in [0.15, 0.2) is 18.2 Å². The quantitative estimate of drug-likeness (QED) is 0.283. The molecule has 53 heavy (non-hydrogen) atoms. The first kappa shape index (κ1) is 39.0. The van der Waals surface area contributed by atoms with Gasteiger partial charge >= 0.3 is 0 Å². The van der Waals surface area contributed by atoms with Gasteiger partial charge in [-0.2, -0.15) is 5.10 Å². The third kappa shape index (κ3) is 9.24. The molecule has 0 unspecified atom stereocenters. The topological polar surface area (TPSA) is 190 Å².